The van der Waals surface area contributed by atoms with Crippen molar-refractivity contribution in [2.45, 2.75) is 83.2 Å². The molecule has 39 heavy (non-hydrogen) atoms. The van der Waals surface area contributed by atoms with Gasteiger partial charge in [-0.25, -0.2) is 9.59 Å². The first kappa shape index (κ1) is 31.6. The van der Waals surface area contributed by atoms with E-state index in [4.69, 9.17) is 10.5 Å². The van der Waals surface area contributed by atoms with E-state index in [9.17, 15) is 24.3 Å². The number of nitrogens with one attached hydrogen (secondary N) is 4. The van der Waals surface area contributed by atoms with Gasteiger partial charge < -0.3 is 41.2 Å². The van der Waals surface area contributed by atoms with Gasteiger partial charge in [0, 0.05) is 23.6 Å². The standard InChI is InChI=1S/C27H41N5O7/c1-16(33)22(25(36)38-5)32-24(35)21(12-8-9-13-29-26(37)39-27(2,3)4)31-23(34)19(28)14-17-15-30-20-11-7-6-10-18(17)20/h6-7,10-11,15-16,19,21-22,30,33H,8-9,12-14,28H2,1-5H3,(H,29,37)(H,31,34)(H,32,35)/t16-,19-,21+,22+/m1/s1. The van der Waals surface area contributed by atoms with E-state index < -0.39 is 53.7 Å². The van der Waals surface area contributed by atoms with Crippen LogP contribution in [0.25, 0.3) is 10.9 Å². The van der Waals surface area contributed by atoms with Gasteiger partial charge >= 0.3 is 12.1 Å². The molecule has 0 saturated carbocycles. The third-order valence-corrected chi connectivity index (χ3v) is 5.91. The summed E-state index contributed by atoms with van der Waals surface area (Å²) in [5, 5.41) is 18.7. The Morgan fingerprint density at radius 3 is 2.41 bits per heavy atom. The third-order valence-electron chi connectivity index (χ3n) is 5.91. The first-order valence-corrected chi connectivity index (χ1v) is 13.0. The van der Waals surface area contributed by atoms with Gasteiger partial charge in [-0.05, 0) is 65.0 Å². The number of rotatable bonds is 13. The van der Waals surface area contributed by atoms with Crippen LogP contribution in [0.1, 0.15) is 52.5 Å². The molecule has 0 aliphatic rings. The molecule has 1 aromatic carbocycles. The highest BCUT2D eigenvalue weighted by Gasteiger charge is 2.31. The van der Waals surface area contributed by atoms with Crippen LogP contribution in [0.15, 0.2) is 30.5 Å². The molecule has 7 N–H and O–H groups in total. The van der Waals surface area contributed by atoms with E-state index in [1.807, 2.05) is 24.3 Å². The summed E-state index contributed by atoms with van der Waals surface area (Å²) in [6, 6.07) is 4.34. The number of hydrogen-bond donors (Lipinski definition) is 6. The molecule has 2 rings (SSSR count). The lowest BCUT2D eigenvalue weighted by Crippen LogP contribution is -2.57. The largest absolute Gasteiger partial charge is 0.467 e. The maximum atomic E-state index is 13.1. The number of para-hydroxylation sites is 1. The predicted molar refractivity (Wildman–Crippen MR) is 146 cm³/mol. The van der Waals surface area contributed by atoms with Crippen LogP contribution in [-0.2, 0) is 30.3 Å². The quantitative estimate of drug-likeness (QED) is 0.160. The number of esters is 1. The Morgan fingerprint density at radius 2 is 1.77 bits per heavy atom. The second kappa shape index (κ2) is 14.5. The third kappa shape index (κ3) is 10.2. The van der Waals surface area contributed by atoms with Crippen molar-refractivity contribution in [1.82, 2.24) is 20.9 Å². The van der Waals surface area contributed by atoms with Crippen molar-refractivity contribution in [2.75, 3.05) is 13.7 Å². The average Bonchev–Trinajstić information content (AvgIpc) is 3.27. The van der Waals surface area contributed by atoms with E-state index in [-0.39, 0.29) is 12.8 Å². The maximum Gasteiger partial charge on any atom is 0.407 e. The van der Waals surface area contributed by atoms with Gasteiger partial charge in [0.15, 0.2) is 6.04 Å². The van der Waals surface area contributed by atoms with Crippen molar-refractivity contribution < 1.29 is 33.8 Å². The molecule has 3 amide bonds. The summed E-state index contributed by atoms with van der Waals surface area (Å²) in [4.78, 5) is 53.1. The Morgan fingerprint density at radius 1 is 1.08 bits per heavy atom. The molecule has 0 radical (unpaired) electrons. The summed E-state index contributed by atoms with van der Waals surface area (Å²) in [6.45, 7) is 6.92. The summed E-state index contributed by atoms with van der Waals surface area (Å²) >= 11 is 0. The number of nitrogens with two attached hydrogens (primary N) is 1. The molecule has 1 heterocycles. The van der Waals surface area contributed by atoms with Gasteiger partial charge in [0.2, 0.25) is 11.8 Å². The van der Waals surface area contributed by atoms with Gasteiger partial charge in [-0.15, -0.1) is 0 Å². The first-order chi connectivity index (χ1) is 18.3. The minimum atomic E-state index is -1.31. The molecule has 12 heteroatoms. The molecule has 4 atom stereocenters. The number of carbonyl (C=O) groups is 4. The number of hydrogen-bond acceptors (Lipinski definition) is 8. The lowest BCUT2D eigenvalue weighted by molar-refractivity contribution is -0.148. The molecule has 0 bridgehead atoms. The Hall–Kier alpha value is -3.64. The number of aromatic amines is 1. The van der Waals surface area contributed by atoms with Crippen LogP contribution >= 0.6 is 0 Å². The summed E-state index contributed by atoms with van der Waals surface area (Å²) in [6.07, 6.45) is 1.40. The zero-order chi connectivity index (χ0) is 29.2. The normalized spacial score (nSPS) is 14.5. The number of unbranched alkanes of at least 4 members (excludes halogenated alkanes) is 1. The fourth-order valence-corrected chi connectivity index (χ4v) is 3.91. The number of aliphatic hydroxyl groups is 1. The average molecular weight is 548 g/mol. The Labute approximate surface area is 228 Å². The van der Waals surface area contributed by atoms with E-state index in [0.29, 0.717) is 19.4 Å². The molecule has 0 spiro atoms. The molecule has 0 saturated heterocycles. The molecule has 1 aromatic heterocycles. The highest BCUT2D eigenvalue weighted by atomic mass is 16.6. The van der Waals surface area contributed by atoms with Crippen molar-refractivity contribution in [2.24, 2.45) is 5.73 Å². The molecule has 0 fully saturated rings. The number of fused-ring (bicyclic) bond motifs is 1. The van der Waals surface area contributed by atoms with Gasteiger partial charge in [0.25, 0.3) is 0 Å². The minimum Gasteiger partial charge on any atom is -0.467 e. The lowest BCUT2D eigenvalue weighted by atomic mass is 10.0. The van der Waals surface area contributed by atoms with E-state index >= 15 is 0 Å². The van der Waals surface area contributed by atoms with Crippen molar-refractivity contribution in [3.05, 3.63) is 36.0 Å². The van der Waals surface area contributed by atoms with Gasteiger partial charge in [0.1, 0.15) is 11.6 Å². The molecule has 0 aliphatic heterocycles. The first-order valence-electron chi connectivity index (χ1n) is 13.0. The fraction of sp³-hybridized carbons (Fsp3) is 0.556. The topological polar surface area (TPSA) is 185 Å². The Bertz CT molecular complexity index is 1130. The SMILES string of the molecule is COC(=O)[C@@H](NC(=O)[C@H](CCCCNC(=O)OC(C)(C)C)NC(=O)[C@H](N)Cc1c[nH]c2ccccc12)[C@@H](C)O. The van der Waals surface area contributed by atoms with Crippen LogP contribution in [0.3, 0.4) is 0 Å². The van der Waals surface area contributed by atoms with Gasteiger partial charge in [0.05, 0.1) is 19.3 Å². The summed E-state index contributed by atoms with van der Waals surface area (Å²) in [5.74, 6) is -2.03. The number of aliphatic hydroxyl groups excluding tert-OH is 1. The number of methoxy groups -OCH3 is 1. The second-order valence-electron chi connectivity index (χ2n) is 10.4. The predicted octanol–water partition coefficient (Wildman–Crippen LogP) is 1.26. The lowest BCUT2D eigenvalue weighted by Gasteiger charge is -2.24. The van der Waals surface area contributed by atoms with Crippen LogP contribution in [0, 0.1) is 0 Å². The van der Waals surface area contributed by atoms with E-state index in [0.717, 1.165) is 23.6 Å². The van der Waals surface area contributed by atoms with Crippen LogP contribution < -0.4 is 21.7 Å². The van der Waals surface area contributed by atoms with Crippen molar-refractivity contribution >= 4 is 34.8 Å². The molecule has 0 unspecified atom stereocenters. The number of alkyl carbamates (subject to hydrolysis) is 1. The van der Waals surface area contributed by atoms with Crippen molar-refractivity contribution in [1.29, 1.82) is 0 Å². The van der Waals surface area contributed by atoms with Crippen LogP contribution in [0.5, 0.6) is 0 Å². The second-order valence-corrected chi connectivity index (χ2v) is 10.4. The number of H-pyrrole nitrogens is 1. The molecular weight excluding hydrogens is 506 g/mol. The van der Waals surface area contributed by atoms with Crippen molar-refractivity contribution in [3.8, 4) is 0 Å². The highest BCUT2D eigenvalue weighted by Crippen LogP contribution is 2.19. The Balaban J connectivity index is 2.03. The summed E-state index contributed by atoms with van der Waals surface area (Å²) in [5.41, 5.74) is 7.36. The number of aromatic nitrogens is 1. The molecule has 12 nitrogen and oxygen atoms in total. The van der Waals surface area contributed by atoms with Gasteiger partial charge in [-0.3, -0.25) is 9.59 Å². The smallest absolute Gasteiger partial charge is 0.407 e. The Kier molecular flexibility index (Phi) is 11.7. The van der Waals surface area contributed by atoms with Gasteiger partial charge in [-0.1, -0.05) is 18.2 Å². The van der Waals surface area contributed by atoms with Crippen molar-refractivity contribution in [3.63, 3.8) is 0 Å². The maximum absolute atomic E-state index is 13.1. The number of ether oxygens (including phenoxy) is 2. The van der Waals surface area contributed by atoms with Crippen LogP contribution in [0.2, 0.25) is 0 Å². The van der Waals surface area contributed by atoms with E-state index in [1.54, 1.807) is 27.0 Å². The fourth-order valence-electron chi connectivity index (χ4n) is 3.91. The monoisotopic (exact) mass is 547 g/mol. The highest BCUT2D eigenvalue weighted by molar-refractivity contribution is 5.92. The molecular formula is C27H41N5O7. The number of amides is 3. The van der Waals surface area contributed by atoms with Crippen LogP contribution in [0.4, 0.5) is 4.79 Å². The molecule has 0 aliphatic carbocycles. The zero-order valence-corrected chi connectivity index (χ0v) is 23.2. The minimum absolute atomic E-state index is 0.196. The van der Waals surface area contributed by atoms with E-state index in [1.165, 1.54) is 6.92 Å². The van der Waals surface area contributed by atoms with Crippen LogP contribution in [-0.4, -0.2) is 77.5 Å². The molecule has 216 valence electrons. The summed E-state index contributed by atoms with van der Waals surface area (Å²) in [7, 11) is 1.14. The number of carbonyl (C=O) groups excluding carboxylic acids is 4. The number of benzene rings is 1. The zero-order valence-electron chi connectivity index (χ0n) is 23.2. The van der Waals surface area contributed by atoms with Gasteiger partial charge in [-0.2, -0.15) is 0 Å². The summed E-state index contributed by atoms with van der Waals surface area (Å²) < 4.78 is 9.86. The van der Waals surface area contributed by atoms with E-state index in [2.05, 4.69) is 25.7 Å². The molecule has 2 aromatic rings.